The lowest BCUT2D eigenvalue weighted by Crippen LogP contribution is -2.28. The number of halogens is 1. The van der Waals surface area contributed by atoms with Crippen LogP contribution in [0.5, 0.6) is 11.5 Å². The van der Waals surface area contributed by atoms with Gasteiger partial charge >= 0.3 is 0 Å². The van der Waals surface area contributed by atoms with E-state index in [4.69, 9.17) is 9.47 Å². The summed E-state index contributed by atoms with van der Waals surface area (Å²) >= 11 is 0. The largest absolute Gasteiger partial charge is 0.497 e. The number of methoxy groups -OCH3 is 1. The van der Waals surface area contributed by atoms with Crippen molar-refractivity contribution in [1.82, 2.24) is 5.32 Å². The van der Waals surface area contributed by atoms with Gasteiger partial charge in [-0.15, -0.1) is 0 Å². The Bertz CT molecular complexity index is 878. The molecular weight excluding hydrogens is 321 g/mol. The third-order valence-electron chi connectivity index (χ3n) is 3.79. The van der Waals surface area contributed by atoms with Crippen LogP contribution in [0.25, 0.3) is 10.8 Å². The lowest BCUT2D eigenvalue weighted by molar-refractivity contribution is -0.123. The lowest BCUT2D eigenvalue weighted by atomic mass is 10.1. The van der Waals surface area contributed by atoms with Crippen LogP contribution in [0.4, 0.5) is 4.39 Å². The van der Waals surface area contributed by atoms with Gasteiger partial charge in [-0.25, -0.2) is 4.39 Å². The van der Waals surface area contributed by atoms with E-state index in [-0.39, 0.29) is 18.3 Å². The van der Waals surface area contributed by atoms with Gasteiger partial charge in [0, 0.05) is 6.54 Å². The molecule has 0 unspecified atom stereocenters. The summed E-state index contributed by atoms with van der Waals surface area (Å²) in [6.07, 6.45) is 0. The predicted molar refractivity (Wildman–Crippen MR) is 94.2 cm³/mol. The second-order valence-electron chi connectivity index (χ2n) is 5.57. The summed E-state index contributed by atoms with van der Waals surface area (Å²) in [5.74, 6) is 0.688. The second-order valence-corrected chi connectivity index (χ2v) is 5.57. The molecule has 1 amide bonds. The zero-order chi connectivity index (χ0) is 17.6. The van der Waals surface area contributed by atoms with Crippen molar-refractivity contribution in [2.45, 2.75) is 6.54 Å². The monoisotopic (exact) mass is 339 g/mol. The molecule has 0 saturated carbocycles. The minimum absolute atomic E-state index is 0.115. The van der Waals surface area contributed by atoms with Crippen molar-refractivity contribution in [1.29, 1.82) is 0 Å². The fraction of sp³-hybridized carbons (Fsp3) is 0.150. The Morgan fingerprint density at radius 1 is 0.960 bits per heavy atom. The summed E-state index contributed by atoms with van der Waals surface area (Å²) in [4.78, 5) is 11.9. The molecule has 1 N–H and O–H groups in total. The highest BCUT2D eigenvalue weighted by Crippen LogP contribution is 2.21. The number of benzene rings is 3. The van der Waals surface area contributed by atoms with Crippen LogP contribution in [-0.4, -0.2) is 19.6 Å². The van der Waals surface area contributed by atoms with Crippen LogP contribution in [0, 0.1) is 5.82 Å². The number of carbonyl (C=O) groups is 1. The number of carbonyl (C=O) groups excluding carboxylic acids is 1. The summed E-state index contributed by atoms with van der Waals surface area (Å²) in [6.45, 7) is 0.296. The SMILES string of the molecule is COc1ccc2cc(CNC(=O)COc3ccc(F)cc3)ccc2c1. The summed E-state index contributed by atoms with van der Waals surface area (Å²) < 4.78 is 23.3. The molecular formula is C20H18FNO3. The van der Waals surface area contributed by atoms with Crippen molar-refractivity contribution in [2.24, 2.45) is 0 Å². The van der Waals surface area contributed by atoms with Gasteiger partial charge in [-0.05, 0) is 58.8 Å². The summed E-state index contributed by atoms with van der Waals surface area (Å²) in [6, 6.07) is 17.4. The van der Waals surface area contributed by atoms with E-state index in [1.54, 1.807) is 7.11 Å². The van der Waals surface area contributed by atoms with Gasteiger partial charge in [0.15, 0.2) is 6.61 Å². The number of hydrogen-bond donors (Lipinski definition) is 1. The van der Waals surface area contributed by atoms with E-state index < -0.39 is 0 Å². The number of nitrogens with one attached hydrogen (secondary N) is 1. The van der Waals surface area contributed by atoms with E-state index in [0.29, 0.717) is 12.3 Å². The molecule has 0 spiro atoms. The molecule has 5 heteroatoms. The van der Waals surface area contributed by atoms with E-state index in [0.717, 1.165) is 22.1 Å². The highest BCUT2D eigenvalue weighted by molar-refractivity contribution is 5.84. The quantitative estimate of drug-likeness (QED) is 0.745. The molecule has 3 rings (SSSR count). The minimum atomic E-state index is -0.342. The summed E-state index contributed by atoms with van der Waals surface area (Å²) in [5.41, 5.74) is 0.993. The molecule has 0 bridgehead atoms. The molecule has 3 aromatic rings. The van der Waals surface area contributed by atoms with Gasteiger partial charge in [0.2, 0.25) is 0 Å². The van der Waals surface area contributed by atoms with E-state index in [2.05, 4.69) is 5.32 Å². The van der Waals surface area contributed by atoms with Gasteiger partial charge in [-0.3, -0.25) is 4.79 Å². The Kier molecular flexibility index (Phi) is 5.14. The van der Waals surface area contributed by atoms with Crippen LogP contribution in [-0.2, 0) is 11.3 Å². The van der Waals surface area contributed by atoms with Crippen LogP contribution in [0.1, 0.15) is 5.56 Å². The molecule has 3 aromatic carbocycles. The first kappa shape index (κ1) is 16.8. The average Bonchev–Trinajstić information content (AvgIpc) is 2.65. The predicted octanol–water partition coefficient (Wildman–Crippen LogP) is 3.68. The minimum Gasteiger partial charge on any atom is -0.497 e. The lowest BCUT2D eigenvalue weighted by Gasteiger charge is -2.09. The summed E-state index contributed by atoms with van der Waals surface area (Å²) in [7, 11) is 1.64. The van der Waals surface area contributed by atoms with Gasteiger partial charge in [-0.1, -0.05) is 18.2 Å². The van der Waals surface area contributed by atoms with Crippen molar-refractivity contribution in [3.05, 3.63) is 72.0 Å². The first-order chi connectivity index (χ1) is 12.1. The fourth-order valence-corrected chi connectivity index (χ4v) is 2.44. The van der Waals surface area contributed by atoms with E-state index in [9.17, 15) is 9.18 Å². The highest BCUT2D eigenvalue weighted by Gasteiger charge is 2.04. The fourth-order valence-electron chi connectivity index (χ4n) is 2.44. The Hall–Kier alpha value is -3.08. The molecule has 0 atom stereocenters. The molecule has 0 aromatic heterocycles. The number of amides is 1. The Morgan fingerprint density at radius 2 is 1.64 bits per heavy atom. The van der Waals surface area contributed by atoms with Crippen LogP contribution >= 0.6 is 0 Å². The van der Waals surface area contributed by atoms with Crippen LogP contribution in [0.3, 0.4) is 0 Å². The average molecular weight is 339 g/mol. The Morgan fingerprint density at radius 3 is 2.40 bits per heavy atom. The molecule has 0 saturated heterocycles. The third kappa shape index (κ3) is 4.47. The van der Waals surface area contributed by atoms with Crippen LogP contribution in [0.2, 0.25) is 0 Å². The Labute approximate surface area is 145 Å². The molecule has 0 aliphatic heterocycles. The molecule has 128 valence electrons. The zero-order valence-electron chi connectivity index (χ0n) is 13.8. The van der Waals surface area contributed by atoms with Gasteiger partial charge in [0.25, 0.3) is 5.91 Å². The van der Waals surface area contributed by atoms with Crippen LogP contribution < -0.4 is 14.8 Å². The maximum atomic E-state index is 12.8. The first-order valence-electron chi connectivity index (χ1n) is 7.86. The molecule has 25 heavy (non-hydrogen) atoms. The molecule has 0 aliphatic carbocycles. The van der Waals surface area contributed by atoms with Crippen LogP contribution in [0.15, 0.2) is 60.7 Å². The standard InChI is InChI=1S/C20H18FNO3/c1-24-19-7-4-15-10-14(2-3-16(15)11-19)12-22-20(23)13-25-18-8-5-17(21)6-9-18/h2-11H,12-13H2,1H3,(H,22,23). The van der Waals surface area contributed by atoms with E-state index in [1.165, 1.54) is 24.3 Å². The smallest absolute Gasteiger partial charge is 0.258 e. The normalized spacial score (nSPS) is 10.5. The molecule has 0 aliphatic rings. The topological polar surface area (TPSA) is 47.6 Å². The number of fused-ring (bicyclic) bond motifs is 1. The number of rotatable bonds is 6. The van der Waals surface area contributed by atoms with Crippen molar-refractivity contribution in [2.75, 3.05) is 13.7 Å². The van der Waals surface area contributed by atoms with Gasteiger partial charge < -0.3 is 14.8 Å². The van der Waals surface area contributed by atoms with E-state index >= 15 is 0 Å². The number of ether oxygens (including phenoxy) is 2. The molecule has 0 heterocycles. The molecule has 0 radical (unpaired) electrons. The van der Waals surface area contributed by atoms with Crippen molar-refractivity contribution in [3.8, 4) is 11.5 Å². The van der Waals surface area contributed by atoms with Crippen molar-refractivity contribution >= 4 is 16.7 Å². The highest BCUT2D eigenvalue weighted by atomic mass is 19.1. The zero-order valence-corrected chi connectivity index (χ0v) is 13.8. The van der Waals surface area contributed by atoms with Gasteiger partial charge in [-0.2, -0.15) is 0 Å². The molecule has 0 fully saturated rings. The second kappa shape index (κ2) is 7.66. The van der Waals surface area contributed by atoms with Gasteiger partial charge in [0.05, 0.1) is 7.11 Å². The summed E-state index contributed by atoms with van der Waals surface area (Å²) in [5, 5.41) is 4.96. The Balaban J connectivity index is 1.54. The number of hydrogen-bond acceptors (Lipinski definition) is 3. The molecule has 4 nitrogen and oxygen atoms in total. The van der Waals surface area contributed by atoms with Crippen molar-refractivity contribution in [3.63, 3.8) is 0 Å². The first-order valence-corrected chi connectivity index (χ1v) is 7.86. The van der Waals surface area contributed by atoms with E-state index in [1.807, 2.05) is 36.4 Å². The van der Waals surface area contributed by atoms with Gasteiger partial charge in [0.1, 0.15) is 17.3 Å². The third-order valence-corrected chi connectivity index (χ3v) is 3.79. The maximum Gasteiger partial charge on any atom is 0.258 e. The van der Waals surface area contributed by atoms with Crippen molar-refractivity contribution < 1.29 is 18.7 Å². The maximum absolute atomic E-state index is 12.8.